The Morgan fingerprint density at radius 3 is 2.71 bits per heavy atom. The third-order valence-corrected chi connectivity index (χ3v) is 7.23. The molecule has 0 saturated carbocycles. The van der Waals surface area contributed by atoms with E-state index in [1.54, 1.807) is 17.8 Å². The summed E-state index contributed by atoms with van der Waals surface area (Å²) in [6.45, 7) is 4.34. The molecule has 11 heteroatoms. The number of carbonyl (C=O) groups is 1. The maximum atomic E-state index is 12.9. The Hall–Kier alpha value is -2.63. The van der Waals surface area contributed by atoms with Crippen molar-refractivity contribution in [2.24, 2.45) is 10.1 Å². The number of aliphatic hydroxyl groups is 1. The van der Waals surface area contributed by atoms with E-state index in [-0.39, 0.29) is 29.7 Å². The van der Waals surface area contributed by atoms with Gasteiger partial charge in [0.25, 0.3) is 0 Å². The zero-order valence-electron chi connectivity index (χ0n) is 17.7. The first kappa shape index (κ1) is 21.6. The maximum absolute atomic E-state index is 12.9. The molecule has 1 saturated heterocycles. The maximum Gasteiger partial charge on any atom is 0.322 e. The summed E-state index contributed by atoms with van der Waals surface area (Å²) < 4.78 is 34.3. The first-order valence-electron chi connectivity index (χ1n) is 10.3. The monoisotopic (exact) mass is 448 g/mol. The number of aliphatic imine (C=N–C) groups is 1. The molecule has 166 valence electrons. The van der Waals surface area contributed by atoms with Crippen molar-refractivity contribution in [3.63, 3.8) is 0 Å². The highest BCUT2D eigenvalue weighted by Gasteiger charge is 2.45. The number of benzene rings is 1. The van der Waals surface area contributed by atoms with Crippen LogP contribution in [0, 0.1) is 0 Å². The molecule has 1 aromatic carbocycles. The number of rotatable bonds is 7. The number of fused-ring (bicyclic) bond motifs is 1. The number of nitrogens with one attached hydrogen (secondary N) is 1. The van der Waals surface area contributed by atoms with Crippen LogP contribution in [0.3, 0.4) is 0 Å². The Kier molecular flexibility index (Phi) is 5.67. The molecule has 0 bridgehead atoms. The highest BCUT2D eigenvalue weighted by atomic mass is 32.2. The van der Waals surface area contributed by atoms with Crippen LogP contribution in [0.4, 0.5) is 0 Å². The van der Waals surface area contributed by atoms with Gasteiger partial charge in [-0.2, -0.15) is 4.31 Å². The van der Waals surface area contributed by atoms with Crippen molar-refractivity contribution in [3.05, 3.63) is 23.8 Å². The van der Waals surface area contributed by atoms with Crippen LogP contribution in [0.2, 0.25) is 0 Å². The minimum atomic E-state index is -3.77. The van der Waals surface area contributed by atoms with Gasteiger partial charge in [-0.05, 0) is 36.6 Å². The summed E-state index contributed by atoms with van der Waals surface area (Å²) in [5.74, 6) is 0.351. The molecule has 4 rings (SSSR count). The number of amidine groups is 1. The van der Waals surface area contributed by atoms with Crippen molar-refractivity contribution in [2.75, 3.05) is 26.7 Å². The SMILES string of the molecule is CCCC1=N[N+](C)=C2C(=O)NC(c3cc(S(=O)(=O)N4CC(O)C4)ccc3OCC)=NC12. The van der Waals surface area contributed by atoms with Gasteiger partial charge in [0.2, 0.25) is 10.0 Å². The molecule has 2 N–H and O–H groups in total. The lowest BCUT2D eigenvalue weighted by Gasteiger charge is -2.34. The zero-order chi connectivity index (χ0) is 22.3. The molecule has 0 radical (unpaired) electrons. The number of hydrazone groups is 1. The summed E-state index contributed by atoms with van der Waals surface area (Å²) >= 11 is 0. The van der Waals surface area contributed by atoms with Gasteiger partial charge in [-0.25, -0.2) is 13.4 Å². The second-order valence-electron chi connectivity index (χ2n) is 7.65. The molecule has 3 aliphatic rings. The molecule has 1 fully saturated rings. The number of β-amino-alcohol motifs (C(OH)–C–C–N with tert-alkyl or cyclic N) is 1. The van der Waals surface area contributed by atoms with Gasteiger partial charge < -0.3 is 15.2 Å². The van der Waals surface area contributed by atoms with Crippen molar-refractivity contribution in [1.82, 2.24) is 9.62 Å². The Labute approximate surface area is 181 Å². The van der Waals surface area contributed by atoms with Gasteiger partial charge in [-0.15, -0.1) is 0 Å². The number of amides is 1. The van der Waals surface area contributed by atoms with Crippen LogP contribution in [0.15, 0.2) is 33.2 Å². The lowest BCUT2D eigenvalue weighted by molar-refractivity contribution is -0.498. The quantitative estimate of drug-likeness (QED) is 0.566. The Morgan fingerprint density at radius 2 is 2.06 bits per heavy atom. The van der Waals surface area contributed by atoms with Crippen LogP contribution >= 0.6 is 0 Å². The predicted molar refractivity (Wildman–Crippen MR) is 114 cm³/mol. The van der Waals surface area contributed by atoms with Crippen LogP contribution in [0.5, 0.6) is 5.75 Å². The molecule has 1 amide bonds. The smallest absolute Gasteiger partial charge is 0.322 e. The van der Waals surface area contributed by atoms with Gasteiger partial charge in [0.1, 0.15) is 17.3 Å². The third-order valence-electron chi connectivity index (χ3n) is 5.40. The number of hydrogen-bond acceptors (Lipinski definition) is 7. The fraction of sp³-hybridized carbons (Fsp3) is 0.500. The van der Waals surface area contributed by atoms with Gasteiger partial charge in [-0.1, -0.05) is 18.0 Å². The highest BCUT2D eigenvalue weighted by Crippen LogP contribution is 2.28. The summed E-state index contributed by atoms with van der Waals surface area (Å²) in [5.41, 5.74) is 1.63. The first-order chi connectivity index (χ1) is 14.8. The van der Waals surface area contributed by atoms with Crippen molar-refractivity contribution in [3.8, 4) is 5.75 Å². The molecule has 3 heterocycles. The van der Waals surface area contributed by atoms with Crippen LogP contribution in [0.25, 0.3) is 0 Å². The van der Waals surface area contributed by atoms with Gasteiger partial charge >= 0.3 is 11.6 Å². The minimum absolute atomic E-state index is 0.0515. The topological polar surface area (TPSA) is 124 Å². The molecule has 0 aromatic heterocycles. The second-order valence-corrected chi connectivity index (χ2v) is 9.59. The summed E-state index contributed by atoms with van der Waals surface area (Å²) in [4.78, 5) is 17.6. The van der Waals surface area contributed by atoms with Crippen molar-refractivity contribution < 1.29 is 27.7 Å². The Morgan fingerprint density at radius 1 is 1.32 bits per heavy atom. The Balaban J connectivity index is 1.77. The second kappa shape index (κ2) is 8.13. The summed E-state index contributed by atoms with van der Waals surface area (Å²) in [6, 6.07) is 3.99. The molecule has 1 aromatic rings. The lowest BCUT2D eigenvalue weighted by Crippen LogP contribution is -2.53. The van der Waals surface area contributed by atoms with Crippen LogP contribution < -0.4 is 10.1 Å². The van der Waals surface area contributed by atoms with E-state index in [0.717, 1.165) is 12.1 Å². The number of aliphatic hydroxyl groups excluding tert-OH is 1. The van der Waals surface area contributed by atoms with Gasteiger partial charge in [0.05, 0.1) is 23.2 Å². The zero-order valence-corrected chi connectivity index (χ0v) is 18.5. The number of hydrogen-bond donors (Lipinski definition) is 2. The molecule has 10 nitrogen and oxygen atoms in total. The van der Waals surface area contributed by atoms with Gasteiger partial charge in [0.15, 0.2) is 13.1 Å². The van der Waals surface area contributed by atoms with E-state index in [2.05, 4.69) is 10.4 Å². The summed E-state index contributed by atoms with van der Waals surface area (Å²) in [7, 11) is -2.06. The van der Waals surface area contributed by atoms with E-state index in [4.69, 9.17) is 9.73 Å². The molecule has 3 aliphatic heterocycles. The molecule has 0 spiro atoms. The van der Waals surface area contributed by atoms with E-state index in [1.807, 2.05) is 13.8 Å². The molecular weight excluding hydrogens is 422 g/mol. The summed E-state index contributed by atoms with van der Waals surface area (Å²) in [6.07, 6.45) is 0.915. The molecule has 1 atom stereocenters. The fourth-order valence-electron chi connectivity index (χ4n) is 3.85. The van der Waals surface area contributed by atoms with Crippen LogP contribution in [-0.2, 0) is 14.8 Å². The lowest BCUT2D eigenvalue weighted by atomic mass is 10.0. The third kappa shape index (κ3) is 3.77. The molecule has 0 aliphatic carbocycles. The van der Waals surface area contributed by atoms with E-state index in [9.17, 15) is 18.3 Å². The molecule has 31 heavy (non-hydrogen) atoms. The van der Waals surface area contributed by atoms with Crippen LogP contribution in [0.1, 0.15) is 32.3 Å². The first-order valence-corrected chi connectivity index (χ1v) is 11.7. The van der Waals surface area contributed by atoms with Crippen molar-refractivity contribution in [1.29, 1.82) is 0 Å². The van der Waals surface area contributed by atoms with E-state index >= 15 is 0 Å². The largest absolute Gasteiger partial charge is 0.493 e. The number of nitrogens with zero attached hydrogens (tertiary/aromatic N) is 4. The fourth-order valence-corrected chi connectivity index (χ4v) is 5.40. The molecular formula is C20H26N5O5S+. The van der Waals surface area contributed by atoms with Gasteiger partial charge in [-0.3, -0.25) is 4.79 Å². The predicted octanol–water partition coefficient (Wildman–Crippen LogP) is -0.0515. The number of sulfonamides is 1. The Bertz CT molecular complexity index is 1120. The van der Waals surface area contributed by atoms with E-state index in [1.165, 1.54) is 16.4 Å². The normalized spacial score (nSPS) is 21.9. The standard InChI is InChI=1S/C20H25N5O5S/c1-4-6-15-17-18(24(3)23-15)20(27)22-19(21-17)14-9-13(7-8-16(14)30-5-2)31(28,29)25-10-12(26)11-25/h7-9,12,17,26H,4-6,10-11H2,1-3H3/p+1. The average molecular weight is 449 g/mol. The van der Waals surface area contributed by atoms with Crippen molar-refractivity contribution in [2.45, 2.75) is 43.7 Å². The van der Waals surface area contributed by atoms with E-state index < -0.39 is 22.2 Å². The average Bonchev–Trinajstić information content (AvgIpc) is 3.02. The minimum Gasteiger partial charge on any atom is -0.493 e. The van der Waals surface area contributed by atoms with Crippen molar-refractivity contribution >= 4 is 33.2 Å². The number of ether oxygens (including phenoxy) is 1. The number of carbonyl (C=O) groups excluding carboxylic acids is 1. The summed E-state index contributed by atoms with van der Waals surface area (Å²) in [5, 5.41) is 16.7. The molecule has 1 unspecified atom stereocenters. The van der Waals surface area contributed by atoms with Crippen LogP contribution in [-0.4, -0.2) is 84.6 Å². The van der Waals surface area contributed by atoms with Gasteiger partial charge in [0, 0.05) is 13.1 Å². The highest BCUT2D eigenvalue weighted by molar-refractivity contribution is 7.89. The van der Waals surface area contributed by atoms with E-state index in [0.29, 0.717) is 30.1 Å².